The number of aryl methyl sites for hydroxylation is 1. The summed E-state index contributed by atoms with van der Waals surface area (Å²) in [6, 6.07) is 14.1. The number of hydrogen-bond acceptors (Lipinski definition) is 5. The second kappa shape index (κ2) is 9.53. The smallest absolute Gasteiger partial charge is 0.113 e. The number of aliphatic hydroxyl groups is 4. The van der Waals surface area contributed by atoms with Crippen molar-refractivity contribution < 1.29 is 25.2 Å². The van der Waals surface area contributed by atoms with Crippen LogP contribution in [-0.2, 0) is 17.6 Å². The molecule has 1 fully saturated rings. The molecule has 3 rings (SSSR count). The zero-order valence-electron chi connectivity index (χ0n) is 16.7. The summed E-state index contributed by atoms with van der Waals surface area (Å²) in [5.41, 5.74) is 5.24. The van der Waals surface area contributed by atoms with Crippen molar-refractivity contribution in [2.45, 2.75) is 57.2 Å². The molecule has 0 amide bonds. The van der Waals surface area contributed by atoms with Gasteiger partial charge in [0.1, 0.15) is 30.5 Å². The van der Waals surface area contributed by atoms with Crippen LogP contribution in [-0.4, -0.2) is 51.4 Å². The van der Waals surface area contributed by atoms with Crippen molar-refractivity contribution in [2.24, 2.45) is 0 Å². The molecule has 1 aliphatic heterocycles. The lowest BCUT2D eigenvalue weighted by Crippen LogP contribution is -2.55. The van der Waals surface area contributed by atoms with Crippen LogP contribution in [0.25, 0.3) is 0 Å². The monoisotopic (exact) mass is 396 g/mol. The van der Waals surface area contributed by atoms with Crippen LogP contribution in [0.1, 0.15) is 40.8 Å². The van der Waals surface area contributed by atoms with Gasteiger partial charge in [-0.2, -0.15) is 0 Å². The van der Waals surface area contributed by atoms with Crippen molar-refractivity contribution in [3.8, 4) is 11.8 Å². The summed E-state index contributed by atoms with van der Waals surface area (Å²) in [5.74, 6) is 5.96. The van der Waals surface area contributed by atoms with Gasteiger partial charge in [0.15, 0.2) is 0 Å². The van der Waals surface area contributed by atoms with Gasteiger partial charge in [0.25, 0.3) is 0 Å². The van der Waals surface area contributed by atoms with Crippen molar-refractivity contribution >= 4 is 0 Å². The Labute approximate surface area is 171 Å². The van der Waals surface area contributed by atoms with Crippen LogP contribution in [0.5, 0.6) is 0 Å². The molecule has 0 unspecified atom stereocenters. The van der Waals surface area contributed by atoms with Crippen LogP contribution in [0.2, 0.25) is 0 Å². The highest BCUT2D eigenvalue weighted by Gasteiger charge is 2.43. The Morgan fingerprint density at radius 2 is 1.62 bits per heavy atom. The van der Waals surface area contributed by atoms with Gasteiger partial charge < -0.3 is 25.2 Å². The van der Waals surface area contributed by atoms with Gasteiger partial charge in [-0.05, 0) is 48.1 Å². The van der Waals surface area contributed by atoms with E-state index in [1.807, 2.05) is 32.0 Å². The Morgan fingerprint density at radius 1 is 0.931 bits per heavy atom. The molecule has 0 radical (unpaired) electrons. The summed E-state index contributed by atoms with van der Waals surface area (Å²) in [5, 5.41) is 39.9. The fraction of sp³-hybridized carbons (Fsp3) is 0.417. The van der Waals surface area contributed by atoms with Crippen LogP contribution in [0, 0.1) is 18.8 Å². The van der Waals surface area contributed by atoms with Crippen LogP contribution >= 0.6 is 0 Å². The molecule has 0 aromatic heterocycles. The van der Waals surface area contributed by atoms with Gasteiger partial charge in [-0.25, -0.2) is 0 Å². The standard InChI is InChI=1S/C24H28O5/c1-3-4-5-16-7-9-17(10-8-16)12-19-13-18(11-6-15(19)2)24-23(28)22(27)21(26)20(14-25)29-24/h6-11,13,20-28H,5,12,14H2,1-2H3/t20-,21-,22+,23-,24+/m1/s1. The molecule has 2 aromatic rings. The molecule has 5 atom stereocenters. The normalized spacial score (nSPS) is 26.6. The van der Waals surface area contributed by atoms with E-state index in [-0.39, 0.29) is 0 Å². The van der Waals surface area contributed by atoms with Crippen molar-refractivity contribution in [3.63, 3.8) is 0 Å². The molecular weight excluding hydrogens is 368 g/mol. The van der Waals surface area contributed by atoms with E-state index in [1.165, 1.54) is 5.56 Å². The van der Waals surface area contributed by atoms with E-state index < -0.39 is 37.1 Å². The first kappa shape index (κ1) is 21.5. The molecular formula is C24H28O5. The van der Waals surface area contributed by atoms with E-state index in [1.54, 1.807) is 0 Å². The Kier molecular flexibility index (Phi) is 7.07. The Balaban J connectivity index is 1.81. The van der Waals surface area contributed by atoms with E-state index in [0.29, 0.717) is 5.56 Å². The molecule has 1 aliphatic rings. The second-order valence-corrected chi connectivity index (χ2v) is 7.53. The lowest BCUT2D eigenvalue weighted by molar-refractivity contribution is -0.231. The molecule has 1 heterocycles. The van der Waals surface area contributed by atoms with E-state index in [2.05, 4.69) is 36.1 Å². The summed E-state index contributed by atoms with van der Waals surface area (Å²) < 4.78 is 5.69. The number of hydrogen-bond donors (Lipinski definition) is 4. The van der Waals surface area contributed by atoms with E-state index in [9.17, 15) is 20.4 Å². The third-order valence-corrected chi connectivity index (χ3v) is 5.48. The van der Waals surface area contributed by atoms with Crippen LogP contribution in [0.15, 0.2) is 42.5 Å². The molecule has 29 heavy (non-hydrogen) atoms. The lowest BCUT2D eigenvalue weighted by atomic mass is 9.89. The Bertz CT molecular complexity index is 878. The molecule has 1 saturated heterocycles. The number of benzene rings is 2. The fourth-order valence-electron chi connectivity index (χ4n) is 3.62. The highest BCUT2D eigenvalue weighted by molar-refractivity contribution is 5.38. The van der Waals surface area contributed by atoms with Gasteiger partial charge in [0.05, 0.1) is 6.61 Å². The summed E-state index contributed by atoms with van der Waals surface area (Å²) >= 11 is 0. The van der Waals surface area contributed by atoms with Gasteiger partial charge >= 0.3 is 0 Å². The summed E-state index contributed by atoms with van der Waals surface area (Å²) in [7, 11) is 0. The van der Waals surface area contributed by atoms with Crippen molar-refractivity contribution in [3.05, 3.63) is 70.3 Å². The molecule has 154 valence electrons. The largest absolute Gasteiger partial charge is 0.394 e. The topological polar surface area (TPSA) is 90.2 Å². The molecule has 4 N–H and O–H groups in total. The summed E-state index contributed by atoms with van der Waals surface area (Å²) in [6.45, 7) is 3.42. The lowest BCUT2D eigenvalue weighted by Gasteiger charge is -2.40. The Hall–Kier alpha value is -2.20. The van der Waals surface area contributed by atoms with Gasteiger partial charge in [0, 0.05) is 6.42 Å². The van der Waals surface area contributed by atoms with Gasteiger partial charge in [-0.1, -0.05) is 48.4 Å². The van der Waals surface area contributed by atoms with E-state index in [0.717, 1.165) is 29.5 Å². The number of rotatable bonds is 5. The third kappa shape index (κ3) is 4.87. The summed E-state index contributed by atoms with van der Waals surface area (Å²) in [4.78, 5) is 0. The highest BCUT2D eigenvalue weighted by atomic mass is 16.5. The van der Waals surface area contributed by atoms with E-state index in [4.69, 9.17) is 4.74 Å². The van der Waals surface area contributed by atoms with Crippen molar-refractivity contribution in [1.82, 2.24) is 0 Å². The van der Waals surface area contributed by atoms with Gasteiger partial charge in [-0.15, -0.1) is 5.92 Å². The maximum Gasteiger partial charge on any atom is 0.113 e. The minimum Gasteiger partial charge on any atom is -0.394 e. The minimum absolute atomic E-state index is 0.436. The maximum absolute atomic E-state index is 10.4. The zero-order valence-corrected chi connectivity index (χ0v) is 16.7. The minimum atomic E-state index is -1.38. The molecule has 5 nitrogen and oxygen atoms in total. The van der Waals surface area contributed by atoms with Gasteiger partial charge in [-0.3, -0.25) is 0 Å². The first-order valence-electron chi connectivity index (χ1n) is 9.82. The molecule has 0 aliphatic carbocycles. The summed E-state index contributed by atoms with van der Waals surface area (Å²) in [6.07, 6.45) is -4.29. The van der Waals surface area contributed by atoms with Crippen LogP contribution < -0.4 is 0 Å². The predicted octanol–water partition coefficient (Wildman–Crippen LogP) is 1.67. The van der Waals surface area contributed by atoms with Crippen molar-refractivity contribution in [2.75, 3.05) is 6.61 Å². The van der Waals surface area contributed by atoms with Crippen LogP contribution in [0.3, 0.4) is 0 Å². The Morgan fingerprint density at radius 3 is 2.28 bits per heavy atom. The third-order valence-electron chi connectivity index (χ3n) is 5.48. The quantitative estimate of drug-likeness (QED) is 0.578. The first-order valence-corrected chi connectivity index (χ1v) is 9.82. The first-order chi connectivity index (χ1) is 13.9. The molecule has 0 spiro atoms. The van der Waals surface area contributed by atoms with Crippen LogP contribution in [0.4, 0.5) is 0 Å². The highest BCUT2D eigenvalue weighted by Crippen LogP contribution is 2.33. The molecule has 0 saturated carbocycles. The number of aliphatic hydroxyl groups excluding tert-OH is 4. The predicted molar refractivity (Wildman–Crippen MR) is 110 cm³/mol. The average molecular weight is 396 g/mol. The van der Waals surface area contributed by atoms with Crippen molar-refractivity contribution in [1.29, 1.82) is 0 Å². The maximum atomic E-state index is 10.4. The van der Waals surface area contributed by atoms with E-state index >= 15 is 0 Å². The SMILES string of the molecule is CC#CCc1ccc(Cc2cc([C@@H]3O[C@H](CO)[C@@H](O)[C@H](O)[C@H]3O)ccc2C)cc1. The average Bonchev–Trinajstić information content (AvgIpc) is 2.73. The second-order valence-electron chi connectivity index (χ2n) is 7.53. The molecule has 2 aromatic carbocycles. The molecule has 0 bridgehead atoms. The number of ether oxygens (including phenoxy) is 1. The molecule has 5 heteroatoms. The van der Waals surface area contributed by atoms with Gasteiger partial charge in [0.2, 0.25) is 0 Å². The fourth-order valence-corrected chi connectivity index (χ4v) is 3.62. The zero-order chi connectivity index (χ0) is 21.0.